The highest BCUT2D eigenvalue weighted by molar-refractivity contribution is 7.91. The van der Waals surface area contributed by atoms with Crippen LogP contribution in [0.2, 0.25) is 20.1 Å². The van der Waals surface area contributed by atoms with Crippen LogP contribution >= 0.6 is 46.4 Å². The van der Waals surface area contributed by atoms with Gasteiger partial charge in [0.2, 0.25) is 9.84 Å². The van der Waals surface area contributed by atoms with Gasteiger partial charge in [0.15, 0.2) is 0 Å². The van der Waals surface area contributed by atoms with Gasteiger partial charge in [-0.1, -0.05) is 46.4 Å². The molecule has 2 aromatic carbocycles. The molecular weight excluding hydrogens is 350 g/mol. The molecule has 0 unspecified atom stereocenters. The van der Waals surface area contributed by atoms with E-state index in [0.29, 0.717) is 5.02 Å². The van der Waals surface area contributed by atoms with Gasteiger partial charge in [0.25, 0.3) is 0 Å². The Morgan fingerprint density at radius 3 is 1.89 bits per heavy atom. The maximum atomic E-state index is 12.5. The molecule has 0 saturated carbocycles. The monoisotopic (exact) mass is 354 g/mol. The zero-order valence-corrected chi connectivity index (χ0v) is 13.0. The van der Waals surface area contributed by atoms with E-state index in [1.54, 1.807) is 0 Å². The van der Waals surface area contributed by atoms with Gasteiger partial charge in [-0.15, -0.1) is 0 Å². The highest BCUT2D eigenvalue weighted by Crippen LogP contribution is 2.34. The Morgan fingerprint density at radius 1 is 0.684 bits per heavy atom. The average molecular weight is 356 g/mol. The summed E-state index contributed by atoms with van der Waals surface area (Å²) in [6.45, 7) is 0. The number of hydrogen-bond acceptors (Lipinski definition) is 2. The Morgan fingerprint density at radius 2 is 1.26 bits per heavy atom. The van der Waals surface area contributed by atoms with Crippen molar-refractivity contribution in [3.05, 3.63) is 56.5 Å². The molecular formula is C12H6Cl4O2S. The Labute approximate surface area is 130 Å². The van der Waals surface area contributed by atoms with E-state index in [1.165, 1.54) is 36.4 Å². The largest absolute Gasteiger partial charge is 0.218 e. The van der Waals surface area contributed by atoms with Gasteiger partial charge in [-0.3, -0.25) is 0 Å². The summed E-state index contributed by atoms with van der Waals surface area (Å²) in [5.74, 6) is 0. The maximum absolute atomic E-state index is 12.5. The average Bonchev–Trinajstić information content (AvgIpc) is 2.31. The van der Waals surface area contributed by atoms with Crippen LogP contribution in [0, 0.1) is 0 Å². The lowest BCUT2D eigenvalue weighted by Gasteiger charge is -2.09. The standard InChI is InChI=1S/C12H6Cl4O2S/c13-7-2-4-11(10(16)5-7)19(17,18)12-6-8(14)1-3-9(12)15/h1-6H. The molecule has 2 rings (SSSR count). The van der Waals surface area contributed by atoms with Crippen LogP contribution in [0.15, 0.2) is 46.2 Å². The zero-order valence-electron chi connectivity index (χ0n) is 9.20. The minimum absolute atomic E-state index is 0.0311. The van der Waals surface area contributed by atoms with Gasteiger partial charge in [-0.2, -0.15) is 0 Å². The number of hydrogen-bond donors (Lipinski definition) is 0. The molecule has 0 aliphatic rings. The van der Waals surface area contributed by atoms with Crippen LogP contribution in [0.25, 0.3) is 0 Å². The van der Waals surface area contributed by atoms with Crippen molar-refractivity contribution in [1.29, 1.82) is 0 Å². The zero-order chi connectivity index (χ0) is 14.2. The van der Waals surface area contributed by atoms with Crippen molar-refractivity contribution in [2.24, 2.45) is 0 Å². The molecule has 2 aromatic rings. The minimum atomic E-state index is -3.85. The molecule has 0 aliphatic carbocycles. The van der Waals surface area contributed by atoms with Crippen molar-refractivity contribution < 1.29 is 8.42 Å². The van der Waals surface area contributed by atoms with Gasteiger partial charge in [0, 0.05) is 10.0 Å². The van der Waals surface area contributed by atoms with Gasteiger partial charge in [-0.05, 0) is 36.4 Å². The summed E-state index contributed by atoms with van der Waals surface area (Å²) in [5.41, 5.74) is 0. The molecule has 0 spiro atoms. The molecule has 0 atom stereocenters. The van der Waals surface area contributed by atoms with Crippen molar-refractivity contribution in [3.63, 3.8) is 0 Å². The molecule has 0 radical (unpaired) electrons. The highest BCUT2D eigenvalue weighted by Gasteiger charge is 2.24. The lowest BCUT2D eigenvalue weighted by Crippen LogP contribution is -2.03. The maximum Gasteiger partial charge on any atom is 0.209 e. The molecule has 2 nitrogen and oxygen atoms in total. The van der Waals surface area contributed by atoms with Gasteiger partial charge in [0.05, 0.1) is 19.8 Å². The van der Waals surface area contributed by atoms with E-state index in [-0.39, 0.29) is 24.9 Å². The highest BCUT2D eigenvalue weighted by atomic mass is 35.5. The molecule has 0 saturated heterocycles. The molecule has 0 bridgehead atoms. The van der Waals surface area contributed by atoms with Crippen molar-refractivity contribution in [2.75, 3.05) is 0 Å². The molecule has 0 heterocycles. The van der Waals surface area contributed by atoms with E-state index in [1.807, 2.05) is 0 Å². The Kier molecular flexibility index (Phi) is 4.33. The van der Waals surface area contributed by atoms with Crippen molar-refractivity contribution in [2.45, 2.75) is 9.79 Å². The number of rotatable bonds is 2. The predicted molar refractivity (Wildman–Crippen MR) is 78.4 cm³/mol. The first-order valence-electron chi connectivity index (χ1n) is 4.97. The summed E-state index contributed by atoms with van der Waals surface area (Å²) < 4.78 is 24.9. The molecule has 0 fully saturated rings. The van der Waals surface area contributed by atoms with Crippen LogP contribution in [-0.2, 0) is 9.84 Å². The van der Waals surface area contributed by atoms with E-state index in [4.69, 9.17) is 46.4 Å². The van der Waals surface area contributed by atoms with Crippen LogP contribution in [0.1, 0.15) is 0 Å². The van der Waals surface area contributed by atoms with E-state index in [2.05, 4.69) is 0 Å². The second-order valence-electron chi connectivity index (χ2n) is 3.65. The Hall–Kier alpha value is -0.450. The van der Waals surface area contributed by atoms with Crippen LogP contribution in [0.5, 0.6) is 0 Å². The van der Waals surface area contributed by atoms with Gasteiger partial charge >= 0.3 is 0 Å². The van der Waals surface area contributed by atoms with E-state index >= 15 is 0 Å². The van der Waals surface area contributed by atoms with Gasteiger partial charge < -0.3 is 0 Å². The third kappa shape index (κ3) is 3.01. The molecule has 19 heavy (non-hydrogen) atoms. The van der Waals surface area contributed by atoms with Crippen LogP contribution in [-0.4, -0.2) is 8.42 Å². The van der Waals surface area contributed by atoms with E-state index < -0.39 is 9.84 Å². The Bertz CT molecular complexity index is 741. The fraction of sp³-hybridized carbons (Fsp3) is 0. The first kappa shape index (κ1) is 14.9. The number of sulfone groups is 1. The second-order valence-corrected chi connectivity index (χ2v) is 7.23. The fourth-order valence-corrected chi connectivity index (χ4v) is 4.27. The van der Waals surface area contributed by atoms with Crippen LogP contribution in [0.4, 0.5) is 0 Å². The summed E-state index contributed by atoms with van der Waals surface area (Å²) in [6.07, 6.45) is 0. The van der Waals surface area contributed by atoms with E-state index in [9.17, 15) is 8.42 Å². The predicted octanol–water partition coefficient (Wildman–Crippen LogP) is 5.13. The normalized spacial score (nSPS) is 11.6. The van der Waals surface area contributed by atoms with Crippen LogP contribution < -0.4 is 0 Å². The summed E-state index contributed by atoms with van der Waals surface area (Å²) >= 11 is 23.4. The minimum Gasteiger partial charge on any atom is -0.218 e. The summed E-state index contributed by atoms with van der Waals surface area (Å²) in [4.78, 5) is -0.159. The van der Waals surface area contributed by atoms with Crippen molar-refractivity contribution in [3.8, 4) is 0 Å². The lowest BCUT2D eigenvalue weighted by molar-refractivity contribution is 0.596. The van der Waals surface area contributed by atoms with E-state index in [0.717, 1.165) is 0 Å². The molecule has 0 N–H and O–H groups in total. The molecule has 7 heteroatoms. The third-order valence-corrected chi connectivity index (χ3v) is 5.55. The van der Waals surface area contributed by atoms with Gasteiger partial charge in [0.1, 0.15) is 0 Å². The van der Waals surface area contributed by atoms with Gasteiger partial charge in [-0.25, -0.2) is 8.42 Å². The number of halogens is 4. The number of benzene rings is 2. The topological polar surface area (TPSA) is 34.1 Å². The van der Waals surface area contributed by atoms with Crippen molar-refractivity contribution in [1.82, 2.24) is 0 Å². The first-order valence-corrected chi connectivity index (χ1v) is 7.97. The third-order valence-electron chi connectivity index (χ3n) is 2.37. The van der Waals surface area contributed by atoms with Crippen molar-refractivity contribution >= 4 is 56.2 Å². The molecule has 100 valence electrons. The first-order chi connectivity index (χ1) is 8.82. The Balaban J connectivity index is 2.69. The SMILES string of the molecule is O=S(=O)(c1ccc(Cl)cc1Cl)c1cc(Cl)ccc1Cl. The summed E-state index contributed by atoms with van der Waals surface area (Å²) in [6, 6.07) is 8.33. The smallest absolute Gasteiger partial charge is 0.209 e. The fourth-order valence-electron chi connectivity index (χ4n) is 1.49. The summed E-state index contributed by atoms with van der Waals surface area (Å²) in [7, 11) is -3.85. The second kappa shape index (κ2) is 5.51. The quantitative estimate of drug-likeness (QED) is 0.747. The molecule has 0 aromatic heterocycles. The van der Waals surface area contributed by atoms with Crippen LogP contribution in [0.3, 0.4) is 0 Å². The molecule has 0 aliphatic heterocycles. The summed E-state index contributed by atoms with van der Waals surface area (Å²) in [5, 5.41) is 0.730. The lowest BCUT2D eigenvalue weighted by atomic mass is 10.3. The molecule has 0 amide bonds.